The number of nitrogens with two attached hydrogens (primary N) is 1. The van der Waals surface area contributed by atoms with Gasteiger partial charge in [-0.3, -0.25) is 0 Å². The number of fused-ring (bicyclic) bond motifs is 1. The molecule has 2 N–H and O–H groups in total. The molecule has 0 spiro atoms. The van der Waals surface area contributed by atoms with Crippen molar-refractivity contribution in [1.29, 1.82) is 0 Å². The topological polar surface area (TPSA) is 35.2 Å². The van der Waals surface area contributed by atoms with Crippen molar-refractivity contribution in [3.63, 3.8) is 0 Å². The smallest absolute Gasteiger partial charge is 0.125 e. The lowest BCUT2D eigenvalue weighted by Crippen LogP contribution is -2.47. The van der Waals surface area contributed by atoms with Gasteiger partial charge in [-0.05, 0) is 39.0 Å². The molecule has 0 bridgehead atoms. The Morgan fingerprint density at radius 3 is 2.67 bits per heavy atom. The molecule has 0 aliphatic carbocycles. The number of halogens is 1. The summed E-state index contributed by atoms with van der Waals surface area (Å²) in [7, 11) is 0. The number of rotatable bonds is 0. The average Bonchev–Trinajstić information content (AvgIpc) is 2.03. The Bertz CT molecular complexity index is 399. The predicted molar refractivity (Wildman–Crippen MR) is 57.3 cm³/mol. The Labute approximate surface area is 89.2 Å². The monoisotopic (exact) mass is 209 g/mol. The van der Waals surface area contributed by atoms with Gasteiger partial charge in [-0.25, -0.2) is 4.39 Å². The fraction of sp³-hybridized carbons (Fsp3) is 0.500. The minimum Gasteiger partial charge on any atom is -0.487 e. The molecule has 0 fully saturated rings. The molecule has 0 radical (unpaired) electrons. The third kappa shape index (κ3) is 1.84. The molecule has 2 nitrogen and oxygen atoms in total. The summed E-state index contributed by atoms with van der Waals surface area (Å²) in [5.41, 5.74) is 6.11. The van der Waals surface area contributed by atoms with E-state index in [9.17, 15) is 4.39 Å². The molecule has 15 heavy (non-hydrogen) atoms. The highest BCUT2D eigenvalue weighted by molar-refractivity contribution is 5.41. The van der Waals surface area contributed by atoms with E-state index in [4.69, 9.17) is 10.5 Å². The van der Waals surface area contributed by atoms with Crippen LogP contribution in [0, 0.1) is 5.82 Å². The molecule has 0 saturated carbocycles. The fourth-order valence-electron chi connectivity index (χ4n) is 2.35. The lowest BCUT2D eigenvalue weighted by atomic mass is 9.80. The Kier molecular flexibility index (Phi) is 2.05. The van der Waals surface area contributed by atoms with Crippen molar-refractivity contribution < 1.29 is 9.13 Å². The Balaban J connectivity index is 2.55. The van der Waals surface area contributed by atoms with Crippen LogP contribution in [-0.4, -0.2) is 5.60 Å². The van der Waals surface area contributed by atoms with Crippen LogP contribution in [0.25, 0.3) is 0 Å². The zero-order valence-electron chi connectivity index (χ0n) is 9.30. The number of hydrogen-bond donors (Lipinski definition) is 1. The van der Waals surface area contributed by atoms with E-state index >= 15 is 0 Å². The maximum Gasteiger partial charge on any atom is 0.125 e. The number of benzene rings is 1. The van der Waals surface area contributed by atoms with Crippen molar-refractivity contribution in [1.82, 2.24) is 0 Å². The van der Waals surface area contributed by atoms with Crippen LogP contribution < -0.4 is 10.5 Å². The third-order valence-corrected chi connectivity index (χ3v) is 2.74. The summed E-state index contributed by atoms with van der Waals surface area (Å²) in [5, 5.41) is 0. The molecule has 82 valence electrons. The van der Waals surface area contributed by atoms with Crippen molar-refractivity contribution in [3.8, 4) is 5.75 Å². The summed E-state index contributed by atoms with van der Waals surface area (Å²) in [6.07, 6.45) is 0.677. The maximum absolute atomic E-state index is 13.1. The largest absolute Gasteiger partial charge is 0.487 e. The van der Waals surface area contributed by atoms with Gasteiger partial charge in [-0.15, -0.1) is 0 Å². The molecule has 0 amide bonds. The van der Waals surface area contributed by atoms with Gasteiger partial charge < -0.3 is 10.5 Å². The van der Waals surface area contributed by atoms with Crippen molar-refractivity contribution in [2.45, 2.75) is 38.3 Å². The number of hydrogen-bond acceptors (Lipinski definition) is 2. The predicted octanol–water partition coefficient (Wildman–Crippen LogP) is 2.56. The van der Waals surface area contributed by atoms with Gasteiger partial charge >= 0.3 is 0 Å². The third-order valence-electron chi connectivity index (χ3n) is 2.74. The van der Waals surface area contributed by atoms with Crippen LogP contribution in [0.5, 0.6) is 5.75 Å². The van der Waals surface area contributed by atoms with E-state index in [0.717, 1.165) is 5.56 Å². The van der Waals surface area contributed by atoms with Crippen LogP contribution in [-0.2, 0) is 5.54 Å². The van der Waals surface area contributed by atoms with Crippen molar-refractivity contribution in [2.75, 3.05) is 0 Å². The van der Waals surface area contributed by atoms with E-state index in [0.29, 0.717) is 12.2 Å². The highest BCUT2D eigenvalue weighted by Gasteiger charge is 2.39. The van der Waals surface area contributed by atoms with E-state index in [-0.39, 0.29) is 11.4 Å². The van der Waals surface area contributed by atoms with Gasteiger partial charge in [0.05, 0.1) is 0 Å². The zero-order valence-corrected chi connectivity index (χ0v) is 9.30. The average molecular weight is 209 g/mol. The van der Waals surface area contributed by atoms with Crippen LogP contribution in [0.3, 0.4) is 0 Å². The molecule has 1 aliphatic heterocycles. The van der Waals surface area contributed by atoms with E-state index in [1.54, 1.807) is 6.07 Å². The lowest BCUT2D eigenvalue weighted by molar-refractivity contribution is 0.0500. The highest BCUT2D eigenvalue weighted by Crippen LogP contribution is 2.41. The second kappa shape index (κ2) is 2.95. The second-order valence-corrected chi connectivity index (χ2v) is 5.10. The first-order valence-electron chi connectivity index (χ1n) is 5.08. The Hall–Kier alpha value is -1.09. The van der Waals surface area contributed by atoms with Gasteiger partial charge in [0.2, 0.25) is 0 Å². The first-order chi connectivity index (χ1) is 6.80. The van der Waals surface area contributed by atoms with Crippen LogP contribution in [0.4, 0.5) is 4.39 Å². The van der Waals surface area contributed by atoms with E-state index < -0.39 is 5.54 Å². The molecule has 3 heteroatoms. The number of ether oxygens (including phenoxy) is 1. The lowest BCUT2D eigenvalue weighted by Gasteiger charge is -2.42. The molecule has 1 aliphatic rings. The van der Waals surface area contributed by atoms with Crippen LogP contribution in [0.1, 0.15) is 32.8 Å². The second-order valence-electron chi connectivity index (χ2n) is 5.10. The standard InChI is InChI=1S/C12H16FNO/c1-11(2)7-12(3,14)9-6-8(13)4-5-10(9)15-11/h4-6H,7,14H2,1-3H3. The van der Waals surface area contributed by atoms with Gasteiger partial charge in [0.1, 0.15) is 17.2 Å². The molecule has 2 rings (SSSR count). The summed E-state index contributed by atoms with van der Waals surface area (Å²) >= 11 is 0. The van der Waals surface area contributed by atoms with Gasteiger partial charge in [0, 0.05) is 17.5 Å². The fourth-order valence-corrected chi connectivity index (χ4v) is 2.35. The minimum absolute atomic E-state index is 0.270. The molecular formula is C12H16FNO. The van der Waals surface area contributed by atoms with Crippen LogP contribution >= 0.6 is 0 Å². The summed E-state index contributed by atoms with van der Waals surface area (Å²) in [4.78, 5) is 0. The Morgan fingerprint density at radius 2 is 2.00 bits per heavy atom. The highest BCUT2D eigenvalue weighted by atomic mass is 19.1. The summed E-state index contributed by atoms with van der Waals surface area (Å²) in [5.74, 6) is 0.423. The van der Waals surface area contributed by atoms with Gasteiger partial charge in [-0.2, -0.15) is 0 Å². The molecule has 1 aromatic carbocycles. The molecule has 0 saturated heterocycles. The van der Waals surface area contributed by atoms with Gasteiger partial charge in [0.25, 0.3) is 0 Å². The molecule has 1 unspecified atom stereocenters. The molecule has 1 heterocycles. The van der Waals surface area contributed by atoms with E-state index in [1.165, 1.54) is 12.1 Å². The quantitative estimate of drug-likeness (QED) is 0.712. The van der Waals surface area contributed by atoms with Crippen LogP contribution in [0.15, 0.2) is 18.2 Å². The summed E-state index contributed by atoms with van der Waals surface area (Å²) in [6, 6.07) is 4.51. The molecule has 0 aromatic heterocycles. The normalized spacial score (nSPS) is 28.1. The Morgan fingerprint density at radius 1 is 1.33 bits per heavy atom. The van der Waals surface area contributed by atoms with Crippen molar-refractivity contribution in [3.05, 3.63) is 29.6 Å². The molecule has 1 aromatic rings. The summed E-state index contributed by atoms with van der Waals surface area (Å²) < 4.78 is 18.9. The van der Waals surface area contributed by atoms with Gasteiger partial charge in [0.15, 0.2) is 0 Å². The SMILES string of the molecule is CC1(C)CC(C)(N)c2cc(F)ccc2O1. The first kappa shape index (κ1) is 10.4. The zero-order chi connectivity index (χ0) is 11.3. The van der Waals surface area contributed by atoms with E-state index in [1.807, 2.05) is 20.8 Å². The van der Waals surface area contributed by atoms with Crippen LogP contribution in [0.2, 0.25) is 0 Å². The van der Waals surface area contributed by atoms with Crippen molar-refractivity contribution >= 4 is 0 Å². The maximum atomic E-state index is 13.1. The molecule has 1 atom stereocenters. The first-order valence-corrected chi connectivity index (χ1v) is 5.08. The summed E-state index contributed by atoms with van der Waals surface area (Å²) in [6.45, 7) is 5.89. The van der Waals surface area contributed by atoms with Gasteiger partial charge in [-0.1, -0.05) is 0 Å². The van der Waals surface area contributed by atoms with E-state index in [2.05, 4.69) is 0 Å². The molecular weight excluding hydrogens is 193 g/mol. The minimum atomic E-state index is -0.529. The van der Waals surface area contributed by atoms with Crippen molar-refractivity contribution in [2.24, 2.45) is 5.73 Å².